The Morgan fingerprint density at radius 2 is 1.86 bits per heavy atom. The van der Waals surface area contributed by atoms with Crippen molar-refractivity contribution in [1.82, 2.24) is 14.5 Å². The van der Waals surface area contributed by atoms with Crippen LogP contribution in [0.5, 0.6) is 0 Å². The number of aliphatic carboxylic acids is 1. The van der Waals surface area contributed by atoms with E-state index in [2.05, 4.69) is 5.32 Å². The third-order valence-electron chi connectivity index (χ3n) is 4.04. The first kappa shape index (κ1) is 16.2. The minimum absolute atomic E-state index is 0.211. The second-order valence-corrected chi connectivity index (χ2v) is 7.58. The minimum atomic E-state index is -4.00. The first-order valence-corrected chi connectivity index (χ1v) is 8.59. The topological polar surface area (TPSA) is 107 Å². The molecule has 2 aliphatic rings. The molecule has 0 aliphatic carbocycles. The van der Waals surface area contributed by atoms with Crippen LogP contribution in [0.3, 0.4) is 0 Å². The number of hydrogen-bond donors (Lipinski definition) is 2. The van der Waals surface area contributed by atoms with Gasteiger partial charge in [-0.1, -0.05) is 0 Å². The first-order valence-electron chi connectivity index (χ1n) is 7.08. The number of sulfonamides is 1. The Labute approximate surface area is 124 Å². The molecule has 2 rings (SSSR count). The lowest BCUT2D eigenvalue weighted by Crippen LogP contribution is -2.54. The molecule has 0 bridgehead atoms. The largest absolute Gasteiger partial charge is 0.480 e. The number of hydrogen-bond acceptors (Lipinski definition) is 5. The van der Waals surface area contributed by atoms with Crippen LogP contribution in [0.4, 0.5) is 0 Å². The summed E-state index contributed by atoms with van der Waals surface area (Å²) in [5.41, 5.74) is 0. The van der Waals surface area contributed by atoms with Crippen molar-refractivity contribution in [2.45, 2.75) is 31.1 Å². The Morgan fingerprint density at radius 1 is 1.24 bits per heavy atom. The van der Waals surface area contributed by atoms with Gasteiger partial charge in [-0.15, -0.1) is 0 Å². The van der Waals surface area contributed by atoms with Crippen LogP contribution in [0, 0.1) is 0 Å². The molecule has 8 nitrogen and oxygen atoms in total. The maximum atomic E-state index is 12.5. The standard InChI is InChI=1S/C12H21N3O5S/c1-9(12(17)18)21(19,20)15-6-2-3-10(15)11(16)14-7-4-13-5-8-14/h9-10,13H,2-8H2,1H3,(H,17,18). The third kappa shape index (κ3) is 3.19. The highest BCUT2D eigenvalue weighted by Gasteiger charge is 2.44. The van der Waals surface area contributed by atoms with Gasteiger partial charge in [-0.3, -0.25) is 9.59 Å². The molecule has 1 amide bonds. The van der Waals surface area contributed by atoms with Gasteiger partial charge >= 0.3 is 5.97 Å². The monoisotopic (exact) mass is 319 g/mol. The number of carbonyl (C=O) groups excluding carboxylic acids is 1. The number of nitrogens with zero attached hydrogens (tertiary/aromatic N) is 2. The van der Waals surface area contributed by atoms with Gasteiger partial charge in [0.05, 0.1) is 0 Å². The molecular formula is C12H21N3O5S. The first-order chi connectivity index (χ1) is 9.85. The summed E-state index contributed by atoms with van der Waals surface area (Å²) in [5, 5.41) is 10.5. The smallest absolute Gasteiger partial charge is 0.323 e. The third-order valence-corrected chi connectivity index (χ3v) is 6.22. The van der Waals surface area contributed by atoms with Gasteiger partial charge in [0.15, 0.2) is 5.25 Å². The molecule has 120 valence electrons. The number of carboxylic acids is 1. The van der Waals surface area contributed by atoms with Gasteiger partial charge < -0.3 is 15.3 Å². The number of rotatable bonds is 4. The predicted octanol–water partition coefficient (Wildman–Crippen LogP) is -1.31. The van der Waals surface area contributed by atoms with E-state index in [9.17, 15) is 18.0 Å². The second kappa shape index (κ2) is 6.29. The number of carboxylic acid groups (broad SMARTS) is 1. The quantitative estimate of drug-likeness (QED) is 0.666. The van der Waals surface area contributed by atoms with E-state index < -0.39 is 27.3 Å². The van der Waals surface area contributed by atoms with Crippen molar-refractivity contribution in [3.63, 3.8) is 0 Å². The molecule has 2 heterocycles. The Morgan fingerprint density at radius 3 is 2.43 bits per heavy atom. The maximum absolute atomic E-state index is 12.5. The van der Waals surface area contributed by atoms with Crippen molar-refractivity contribution in [2.75, 3.05) is 32.7 Å². The molecule has 0 spiro atoms. The number of nitrogens with one attached hydrogen (secondary N) is 1. The van der Waals surface area contributed by atoms with Crippen LogP contribution in [-0.2, 0) is 19.6 Å². The van der Waals surface area contributed by atoms with E-state index >= 15 is 0 Å². The number of amides is 1. The molecular weight excluding hydrogens is 298 g/mol. The molecule has 0 aromatic carbocycles. The van der Waals surface area contributed by atoms with Crippen molar-refractivity contribution in [3.05, 3.63) is 0 Å². The summed E-state index contributed by atoms with van der Waals surface area (Å²) in [6.45, 7) is 3.84. The van der Waals surface area contributed by atoms with E-state index in [4.69, 9.17) is 5.11 Å². The number of piperazine rings is 1. The summed E-state index contributed by atoms with van der Waals surface area (Å²) < 4.78 is 25.7. The fourth-order valence-corrected chi connectivity index (χ4v) is 4.31. The predicted molar refractivity (Wildman–Crippen MR) is 75.2 cm³/mol. The summed E-state index contributed by atoms with van der Waals surface area (Å²) >= 11 is 0. The van der Waals surface area contributed by atoms with Gasteiger partial charge in [0, 0.05) is 32.7 Å². The van der Waals surface area contributed by atoms with Gasteiger partial charge in [0.2, 0.25) is 15.9 Å². The van der Waals surface area contributed by atoms with Crippen molar-refractivity contribution in [1.29, 1.82) is 0 Å². The van der Waals surface area contributed by atoms with Crippen molar-refractivity contribution in [2.24, 2.45) is 0 Å². The lowest BCUT2D eigenvalue weighted by molar-refractivity contribution is -0.137. The van der Waals surface area contributed by atoms with E-state index in [0.717, 1.165) is 11.2 Å². The van der Waals surface area contributed by atoms with Crippen LogP contribution in [0.15, 0.2) is 0 Å². The SMILES string of the molecule is CC(C(=O)O)S(=O)(=O)N1CCCC1C(=O)N1CCNCC1. The molecule has 2 aliphatic heterocycles. The average molecular weight is 319 g/mol. The fourth-order valence-electron chi connectivity index (χ4n) is 2.72. The van der Waals surface area contributed by atoms with E-state index in [1.165, 1.54) is 0 Å². The van der Waals surface area contributed by atoms with Crippen LogP contribution in [0.1, 0.15) is 19.8 Å². The van der Waals surface area contributed by atoms with Gasteiger partial charge in [-0.05, 0) is 19.8 Å². The van der Waals surface area contributed by atoms with Crippen LogP contribution in [0.25, 0.3) is 0 Å². The van der Waals surface area contributed by atoms with E-state index in [0.29, 0.717) is 39.0 Å². The van der Waals surface area contributed by atoms with Crippen molar-refractivity contribution in [3.8, 4) is 0 Å². The Bertz CT molecular complexity index is 515. The molecule has 2 fully saturated rings. The molecule has 2 atom stereocenters. The zero-order valence-corrected chi connectivity index (χ0v) is 12.8. The Balaban J connectivity index is 2.16. The summed E-state index contributed by atoms with van der Waals surface area (Å²) in [6.07, 6.45) is 1.03. The van der Waals surface area contributed by atoms with Gasteiger partial charge in [-0.25, -0.2) is 8.42 Å². The second-order valence-electron chi connectivity index (χ2n) is 5.37. The molecule has 2 saturated heterocycles. The lowest BCUT2D eigenvalue weighted by atomic mass is 10.2. The fraction of sp³-hybridized carbons (Fsp3) is 0.833. The van der Waals surface area contributed by atoms with Gasteiger partial charge in [-0.2, -0.15) is 4.31 Å². The van der Waals surface area contributed by atoms with Gasteiger partial charge in [0.1, 0.15) is 6.04 Å². The van der Waals surface area contributed by atoms with E-state index in [1.807, 2.05) is 0 Å². The molecule has 21 heavy (non-hydrogen) atoms. The summed E-state index contributed by atoms with van der Waals surface area (Å²) in [7, 11) is -4.00. The van der Waals surface area contributed by atoms with Crippen LogP contribution >= 0.6 is 0 Å². The van der Waals surface area contributed by atoms with Crippen LogP contribution in [0.2, 0.25) is 0 Å². The number of carbonyl (C=O) groups is 2. The van der Waals surface area contributed by atoms with Crippen molar-refractivity contribution >= 4 is 21.9 Å². The highest BCUT2D eigenvalue weighted by molar-refractivity contribution is 7.90. The zero-order chi connectivity index (χ0) is 15.6. The normalized spacial score (nSPS) is 25.8. The van der Waals surface area contributed by atoms with Crippen LogP contribution in [-0.4, -0.2) is 78.6 Å². The molecule has 2 unspecified atom stereocenters. The summed E-state index contributed by atoms with van der Waals surface area (Å²) in [5.74, 6) is -1.61. The molecule has 0 saturated carbocycles. The average Bonchev–Trinajstić information content (AvgIpc) is 2.96. The van der Waals surface area contributed by atoms with E-state index in [-0.39, 0.29) is 12.5 Å². The zero-order valence-electron chi connectivity index (χ0n) is 12.0. The molecule has 0 aromatic rings. The maximum Gasteiger partial charge on any atom is 0.323 e. The minimum Gasteiger partial charge on any atom is -0.480 e. The lowest BCUT2D eigenvalue weighted by Gasteiger charge is -2.33. The molecule has 9 heteroatoms. The summed E-state index contributed by atoms with van der Waals surface area (Å²) in [6, 6.07) is -0.755. The van der Waals surface area contributed by atoms with Crippen molar-refractivity contribution < 1.29 is 23.1 Å². The van der Waals surface area contributed by atoms with E-state index in [1.54, 1.807) is 4.90 Å². The summed E-state index contributed by atoms with van der Waals surface area (Å²) in [4.78, 5) is 25.1. The Hall–Kier alpha value is -1.19. The highest BCUT2D eigenvalue weighted by Crippen LogP contribution is 2.25. The van der Waals surface area contributed by atoms with Gasteiger partial charge in [0.25, 0.3) is 0 Å². The van der Waals surface area contributed by atoms with Crippen LogP contribution < -0.4 is 5.32 Å². The molecule has 0 aromatic heterocycles. The molecule has 2 N–H and O–H groups in total. The molecule has 0 radical (unpaired) electrons. The highest BCUT2D eigenvalue weighted by atomic mass is 32.2. The Kier molecular flexibility index (Phi) is 4.84.